The molecule has 35 heavy (non-hydrogen) atoms. The summed E-state index contributed by atoms with van der Waals surface area (Å²) in [6.45, 7) is 5.70. The molecule has 5 rings (SSSR count). The molecule has 1 spiro atoms. The number of carbonyl (C=O) groups is 3. The van der Waals surface area contributed by atoms with Crippen molar-refractivity contribution in [2.75, 3.05) is 25.1 Å². The highest BCUT2D eigenvalue weighted by atomic mass is 16.7. The van der Waals surface area contributed by atoms with Gasteiger partial charge in [0.25, 0.3) is 0 Å². The van der Waals surface area contributed by atoms with Gasteiger partial charge < -0.3 is 14.2 Å². The van der Waals surface area contributed by atoms with Crippen LogP contribution < -0.4 is 4.90 Å². The highest BCUT2D eigenvalue weighted by Gasteiger charge is 2.80. The molecule has 8 nitrogen and oxygen atoms in total. The molecule has 0 radical (unpaired) electrons. The summed E-state index contributed by atoms with van der Waals surface area (Å²) < 4.78 is 17.4. The molecular formula is C27H34N2O6. The van der Waals surface area contributed by atoms with Gasteiger partial charge in [0.2, 0.25) is 0 Å². The van der Waals surface area contributed by atoms with E-state index < -0.39 is 35.3 Å². The molecule has 1 saturated carbocycles. The molecule has 8 heteroatoms. The van der Waals surface area contributed by atoms with Crippen LogP contribution in [-0.2, 0) is 28.6 Å². The van der Waals surface area contributed by atoms with Crippen molar-refractivity contribution >= 4 is 23.5 Å². The van der Waals surface area contributed by atoms with E-state index in [9.17, 15) is 14.4 Å². The molecule has 3 aliphatic heterocycles. The second-order valence-electron chi connectivity index (χ2n) is 10.5. The third-order valence-corrected chi connectivity index (χ3v) is 8.53. The zero-order chi connectivity index (χ0) is 24.8. The van der Waals surface area contributed by atoms with Crippen LogP contribution in [0.15, 0.2) is 42.5 Å². The Kier molecular flexibility index (Phi) is 6.21. The number of rotatable bonds is 4. The molecule has 188 valence electrons. The minimum absolute atomic E-state index is 0.393. The van der Waals surface area contributed by atoms with Gasteiger partial charge in [0, 0.05) is 44.1 Å². The number of ether oxygens (including phenoxy) is 3. The Morgan fingerprint density at radius 3 is 2.34 bits per heavy atom. The highest BCUT2D eigenvalue weighted by Crippen LogP contribution is 2.54. The van der Waals surface area contributed by atoms with E-state index in [1.807, 2.05) is 30.3 Å². The summed E-state index contributed by atoms with van der Waals surface area (Å²) in [5.41, 5.74) is -0.510. The zero-order valence-electron chi connectivity index (χ0n) is 20.6. The minimum atomic E-state index is -1.86. The summed E-state index contributed by atoms with van der Waals surface area (Å²) in [6, 6.07) is 9.62. The van der Waals surface area contributed by atoms with Gasteiger partial charge in [-0.3, -0.25) is 14.6 Å². The molecule has 3 heterocycles. The van der Waals surface area contributed by atoms with Crippen LogP contribution in [0.5, 0.6) is 0 Å². The monoisotopic (exact) mass is 482 g/mol. The van der Waals surface area contributed by atoms with Crippen molar-refractivity contribution in [3.05, 3.63) is 42.5 Å². The average Bonchev–Trinajstić information content (AvgIpc) is 2.90. The van der Waals surface area contributed by atoms with Gasteiger partial charge in [-0.15, -0.1) is 0 Å². The van der Waals surface area contributed by atoms with Crippen molar-refractivity contribution in [1.82, 2.24) is 4.90 Å². The SMILES string of the molecule is COC12OC(=O)/C=C/C(=O)OC3CN(C4CCC(C(C)C)CC4)CCC31N(c1ccccc1)C2=O. The van der Waals surface area contributed by atoms with Crippen LogP contribution in [0, 0.1) is 11.8 Å². The molecule has 1 aromatic rings. The molecule has 1 amide bonds. The number of benzene rings is 1. The van der Waals surface area contributed by atoms with Crippen LogP contribution in [0.4, 0.5) is 5.69 Å². The summed E-state index contributed by atoms with van der Waals surface area (Å²) in [5.74, 6) is -2.34. The Bertz CT molecular complexity index is 1020. The maximum atomic E-state index is 13.6. The second-order valence-corrected chi connectivity index (χ2v) is 10.5. The first-order valence-electron chi connectivity index (χ1n) is 12.6. The zero-order valence-corrected chi connectivity index (χ0v) is 20.6. The highest BCUT2D eigenvalue weighted by molar-refractivity contribution is 6.11. The Labute approximate surface area is 206 Å². The lowest BCUT2D eigenvalue weighted by Gasteiger charge is -2.65. The van der Waals surface area contributed by atoms with Gasteiger partial charge in [-0.05, 0) is 56.1 Å². The van der Waals surface area contributed by atoms with Crippen molar-refractivity contribution < 1.29 is 28.6 Å². The fraction of sp³-hybridized carbons (Fsp3) is 0.593. The first kappa shape index (κ1) is 24.0. The number of likely N-dealkylation sites (tertiary alicyclic amines) is 1. The van der Waals surface area contributed by atoms with Crippen molar-refractivity contribution in [2.24, 2.45) is 11.8 Å². The smallest absolute Gasteiger partial charge is 0.334 e. The van der Waals surface area contributed by atoms with Crippen LogP contribution >= 0.6 is 0 Å². The number of piperidine rings is 1. The Hall–Kier alpha value is -2.71. The lowest BCUT2D eigenvalue weighted by atomic mass is 9.67. The minimum Gasteiger partial charge on any atom is -0.455 e. The number of carbonyl (C=O) groups excluding carboxylic acids is 3. The molecule has 0 bridgehead atoms. The number of nitrogens with zero attached hydrogens (tertiary/aromatic N) is 2. The lowest BCUT2D eigenvalue weighted by Crippen LogP contribution is -2.90. The fourth-order valence-corrected chi connectivity index (χ4v) is 6.62. The Morgan fingerprint density at radius 2 is 1.69 bits per heavy atom. The summed E-state index contributed by atoms with van der Waals surface area (Å²) in [4.78, 5) is 42.9. The third kappa shape index (κ3) is 3.69. The van der Waals surface area contributed by atoms with Gasteiger partial charge >= 0.3 is 23.6 Å². The molecular weight excluding hydrogens is 448 g/mol. The number of anilines is 1. The summed E-state index contributed by atoms with van der Waals surface area (Å²) in [6.07, 6.45) is 6.34. The third-order valence-electron chi connectivity index (χ3n) is 8.53. The molecule has 3 fully saturated rings. The van der Waals surface area contributed by atoms with Gasteiger partial charge in [0.05, 0.1) is 0 Å². The molecule has 0 aromatic heterocycles. The summed E-state index contributed by atoms with van der Waals surface area (Å²) in [5, 5.41) is 0. The predicted molar refractivity (Wildman–Crippen MR) is 128 cm³/mol. The largest absolute Gasteiger partial charge is 0.455 e. The number of esters is 2. The van der Waals surface area contributed by atoms with Gasteiger partial charge in [-0.2, -0.15) is 0 Å². The summed E-state index contributed by atoms with van der Waals surface area (Å²) in [7, 11) is 1.37. The molecule has 2 saturated heterocycles. The molecule has 3 atom stereocenters. The maximum absolute atomic E-state index is 13.6. The Balaban J connectivity index is 1.51. The number of hydrogen-bond acceptors (Lipinski definition) is 7. The van der Waals surface area contributed by atoms with Gasteiger partial charge in [0.15, 0.2) is 5.54 Å². The van der Waals surface area contributed by atoms with E-state index in [2.05, 4.69) is 18.7 Å². The van der Waals surface area contributed by atoms with Crippen molar-refractivity contribution in [2.45, 2.75) is 69.4 Å². The maximum Gasteiger partial charge on any atom is 0.334 e. The van der Waals surface area contributed by atoms with Crippen LogP contribution in [-0.4, -0.2) is 66.4 Å². The van der Waals surface area contributed by atoms with Crippen LogP contribution in [0.1, 0.15) is 46.0 Å². The standard InChI is InChI=1S/C27H34N2O6/c1-18(2)19-9-11-20(12-10-19)28-16-15-26-22(17-28)34-23(30)13-14-24(31)35-27(26,33-3)25(32)29(26)21-7-5-4-6-8-21/h4-8,13-14,18-20,22H,9-12,15-17H2,1-3H3/b14-13+. The van der Waals surface area contributed by atoms with E-state index >= 15 is 0 Å². The molecule has 0 N–H and O–H groups in total. The van der Waals surface area contributed by atoms with E-state index in [0.29, 0.717) is 37.2 Å². The number of para-hydroxylation sites is 1. The van der Waals surface area contributed by atoms with Crippen molar-refractivity contribution in [1.29, 1.82) is 0 Å². The van der Waals surface area contributed by atoms with E-state index in [1.165, 1.54) is 20.0 Å². The van der Waals surface area contributed by atoms with E-state index in [4.69, 9.17) is 14.2 Å². The van der Waals surface area contributed by atoms with Gasteiger partial charge in [-0.1, -0.05) is 32.0 Å². The molecule has 3 unspecified atom stereocenters. The average molecular weight is 483 g/mol. The van der Waals surface area contributed by atoms with Crippen molar-refractivity contribution in [3.8, 4) is 0 Å². The van der Waals surface area contributed by atoms with Gasteiger partial charge in [-0.25, -0.2) is 9.59 Å². The van der Waals surface area contributed by atoms with E-state index in [0.717, 1.165) is 30.9 Å². The van der Waals surface area contributed by atoms with Crippen LogP contribution in [0.3, 0.4) is 0 Å². The number of methoxy groups -OCH3 is 1. The molecule has 1 aliphatic carbocycles. The first-order chi connectivity index (χ1) is 16.8. The topological polar surface area (TPSA) is 85.4 Å². The van der Waals surface area contributed by atoms with Gasteiger partial charge in [0.1, 0.15) is 6.10 Å². The number of β-lactam (4-membered cyclic amide) rings is 1. The van der Waals surface area contributed by atoms with Crippen LogP contribution in [0.25, 0.3) is 0 Å². The molecule has 4 aliphatic rings. The van der Waals surface area contributed by atoms with Crippen LogP contribution in [0.2, 0.25) is 0 Å². The normalized spacial score (nSPS) is 36.6. The Morgan fingerprint density at radius 1 is 1.00 bits per heavy atom. The second kappa shape index (κ2) is 9.06. The van der Waals surface area contributed by atoms with Crippen molar-refractivity contribution in [3.63, 3.8) is 0 Å². The summed E-state index contributed by atoms with van der Waals surface area (Å²) >= 11 is 0. The number of hydrogen-bond donors (Lipinski definition) is 0. The molecule has 1 aromatic carbocycles. The number of amides is 1. The fourth-order valence-electron chi connectivity index (χ4n) is 6.62. The van der Waals surface area contributed by atoms with E-state index in [-0.39, 0.29) is 0 Å². The first-order valence-corrected chi connectivity index (χ1v) is 12.6. The quantitative estimate of drug-likeness (QED) is 0.482. The van der Waals surface area contributed by atoms with E-state index in [1.54, 1.807) is 4.90 Å². The lowest BCUT2D eigenvalue weighted by molar-refractivity contribution is -0.284. The predicted octanol–water partition coefficient (Wildman–Crippen LogP) is 3.06.